The van der Waals surface area contributed by atoms with Crippen molar-refractivity contribution in [2.24, 2.45) is 0 Å². The summed E-state index contributed by atoms with van der Waals surface area (Å²) in [5.41, 5.74) is 3.92. The normalized spacial score (nSPS) is 13.9. The van der Waals surface area contributed by atoms with Crippen molar-refractivity contribution in [2.45, 2.75) is 38.5 Å². The first kappa shape index (κ1) is 20.4. The quantitative estimate of drug-likeness (QED) is 0.505. The Morgan fingerprint density at radius 1 is 1.03 bits per heavy atom. The van der Waals surface area contributed by atoms with Gasteiger partial charge in [0, 0.05) is 11.8 Å². The molecule has 6 nitrogen and oxygen atoms in total. The van der Waals surface area contributed by atoms with Gasteiger partial charge in [0.1, 0.15) is 15.5 Å². The molecule has 4 rings (SSSR count). The summed E-state index contributed by atoms with van der Waals surface area (Å²) >= 11 is 0. The smallest absolute Gasteiger partial charge is 0.151 e. The van der Waals surface area contributed by atoms with Crippen LogP contribution in [0, 0.1) is 0 Å². The molecule has 1 aliphatic rings. The van der Waals surface area contributed by atoms with Crippen LogP contribution in [-0.4, -0.2) is 23.3 Å². The molecule has 0 N–H and O–H groups in total. The molecule has 0 amide bonds. The Balaban J connectivity index is 1.91. The number of anilines is 2. The van der Waals surface area contributed by atoms with Crippen LogP contribution in [0.2, 0.25) is 0 Å². The third-order valence-electron chi connectivity index (χ3n) is 5.22. The lowest BCUT2D eigenvalue weighted by Gasteiger charge is -2.39. The predicted molar refractivity (Wildman–Crippen MR) is 116 cm³/mol. The average molecular weight is 424 g/mol. The molecule has 0 saturated carbocycles. The number of pyridine rings is 1. The first-order valence-electron chi connectivity index (χ1n) is 10.0. The fraction of sp³-hybridized carbons (Fsp3) is 0.261. The molecule has 1 aliphatic heterocycles. The van der Waals surface area contributed by atoms with Gasteiger partial charge in [-0.05, 0) is 54.8 Å². The maximum Gasteiger partial charge on any atom is 0.151 e. The SMILES string of the molecule is CCCc1cccnc1-c1ccc2c(c1)N(C(CC)S(=O)(=O)[O-])c1ccccc1O2. The van der Waals surface area contributed by atoms with E-state index in [2.05, 4.69) is 11.9 Å². The zero-order chi connectivity index (χ0) is 21.3. The Morgan fingerprint density at radius 2 is 1.80 bits per heavy atom. The van der Waals surface area contributed by atoms with Gasteiger partial charge in [0.05, 0.1) is 17.1 Å². The van der Waals surface area contributed by atoms with E-state index >= 15 is 0 Å². The van der Waals surface area contributed by atoms with Crippen molar-refractivity contribution >= 4 is 21.5 Å². The van der Waals surface area contributed by atoms with E-state index in [1.54, 1.807) is 36.2 Å². The summed E-state index contributed by atoms with van der Waals surface area (Å²) in [6.45, 7) is 3.81. The molecule has 30 heavy (non-hydrogen) atoms. The summed E-state index contributed by atoms with van der Waals surface area (Å²) < 4.78 is 42.4. The fourth-order valence-electron chi connectivity index (χ4n) is 3.93. The van der Waals surface area contributed by atoms with Gasteiger partial charge in [0.15, 0.2) is 11.5 Å². The summed E-state index contributed by atoms with van der Waals surface area (Å²) in [6, 6.07) is 16.7. The average Bonchev–Trinajstić information content (AvgIpc) is 2.73. The molecule has 1 aromatic heterocycles. The predicted octanol–water partition coefficient (Wildman–Crippen LogP) is 5.23. The summed E-state index contributed by atoms with van der Waals surface area (Å²) in [4.78, 5) is 6.15. The van der Waals surface area contributed by atoms with E-state index in [1.807, 2.05) is 36.4 Å². The molecule has 1 unspecified atom stereocenters. The molecule has 0 radical (unpaired) electrons. The summed E-state index contributed by atoms with van der Waals surface area (Å²) in [5.74, 6) is 1.02. The molecule has 0 fully saturated rings. The van der Waals surface area contributed by atoms with Crippen LogP contribution in [0.1, 0.15) is 32.3 Å². The first-order valence-corrected chi connectivity index (χ1v) is 11.5. The minimum absolute atomic E-state index is 0.147. The van der Waals surface area contributed by atoms with Gasteiger partial charge in [0.25, 0.3) is 0 Å². The second-order valence-corrected chi connectivity index (χ2v) is 8.77. The summed E-state index contributed by atoms with van der Waals surface area (Å²) in [6.07, 6.45) is 3.76. The molecule has 1 atom stereocenters. The molecule has 2 heterocycles. The van der Waals surface area contributed by atoms with Gasteiger partial charge in [-0.15, -0.1) is 0 Å². The second kappa shape index (κ2) is 8.08. The lowest BCUT2D eigenvalue weighted by molar-refractivity contribution is 0.438. The van der Waals surface area contributed by atoms with Crippen LogP contribution in [0.4, 0.5) is 11.4 Å². The second-order valence-electron chi connectivity index (χ2n) is 7.24. The van der Waals surface area contributed by atoms with Gasteiger partial charge < -0.3 is 14.2 Å². The van der Waals surface area contributed by atoms with Crippen LogP contribution < -0.4 is 9.64 Å². The van der Waals surface area contributed by atoms with Crippen molar-refractivity contribution in [3.63, 3.8) is 0 Å². The largest absolute Gasteiger partial charge is 0.746 e. The Kier molecular flexibility index (Phi) is 5.49. The van der Waals surface area contributed by atoms with Crippen molar-refractivity contribution in [2.75, 3.05) is 4.90 Å². The van der Waals surface area contributed by atoms with Gasteiger partial charge in [-0.3, -0.25) is 4.98 Å². The molecule has 7 heteroatoms. The highest BCUT2D eigenvalue weighted by molar-refractivity contribution is 7.86. The fourth-order valence-corrected chi connectivity index (χ4v) is 4.82. The molecule has 0 aliphatic carbocycles. The van der Waals surface area contributed by atoms with Crippen molar-refractivity contribution in [1.82, 2.24) is 4.98 Å². The van der Waals surface area contributed by atoms with Crippen molar-refractivity contribution in [3.05, 3.63) is 66.4 Å². The maximum atomic E-state index is 12.1. The van der Waals surface area contributed by atoms with Crippen molar-refractivity contribution in [1.29, 1.82) is 0 Å². The molecule has 0 spiro atoms. The highest BCUT2D eigenvalue weighted by Gasteiger charge is 2.33. The van der Waals surface area contributed by atoms with E-state index in [-0.39, 0.29) is 6.42 Å². The van der Waals surface area contributed by atoms with Crippen LogP contribution >= 0.6 is 0 Å². The molecule has 0 saturated heterocycles. The number of nitrogens with zero attached hydrogens (tertiary/aromatic N) is 2. The van der Waals surface area contributed by atoms with Gasteiger partial charge in [-0.25, -0.2) is 8.42 Å². The number of rotatable bonds is 6. The number of aryl methyl sites for hydroxylation is 1. The molecule has 3 aromatic rings. The van der Waals surface area contributed by atoms with Crippen LogP contribution in [0.5, 0.6) is 11.5 Å². The lowest BCUT2D eigenvalue weighted by atomic mass is 10.0. The van der Waals surface area contributed by atoms with Gasteiger partial charge in [0.2, 0.25) is 0 Å². The third-order valence-corrected chi connectivity index (χ3v) is 6.43. The lowest BCUT2D eigenvalue weighted by Crippen LogP contribution is -2.38. The molecule has 0 bridgehead atoms. The number of hydrogen-bond donors (Lipinski definition) is 0. The number of aromatic nitrogens is 1. The Morgan fingerprint density at radius 3 is 2.53 bits per heavy atom. The number of hydrogen-bond acceptors (Lipinski definition) is 6. The van der Waals surface area contributed by atoms with Crippen LogP contribution in [0.25, 0.3) is 11.3 Å². The zero-order valence-corrected chi connectivity index (χ0v) is 17.7. The monoisotopic (exact) mass is 423 g/mol. The maximum absolute atomic E-state index is 12.1. The molecular weight excluding hydrogens is 400 g/mol. The minimum Gasteiger partial charge on any atom is -0.746 e. The molecule has 2 aromatic carbocycles. The summed E-state index contributed by atoms with van der Waals surface area (Å²) in [7, 11) is -4.59. The van der Waals surface area contributed by atoms with Gasteiger partial charge in [-0.2, -0.15) is 0 Å². The van der Waals surface area contributed by atoms with Crippen LogP contribution in [0.15, 0.2) is 60.8 Å². The van der Waals surface area contributed by atoms with E-state index in [9.17, 15) is 13.0 Å². The number of fused-ring (bicyclic) bond motifs is 2. The topological polar surface area (TPSA) is 82.6 Å². The zero-order valence-electron chi connectivity index (χ0n) is 16.9. The standard InChI is InChI=1S/C23H24N2O4S/c1-3-8-16-9-7-14-24-23(16)17-12-13-21-19(15-17)25(22(4-2)30(26,27)28)18-10-5-6-11-20(18)29-21/h5-7,9-15,22H,3-4,8H2,1-2H3,(H,26,27,28)/p-1. The van der Waals surface area contributed by atoms with Crippen LogP contribution in [-0.2, 0) is 16.5 Å². The van der Waals surface area contributed by atoms with E-state index in [0.717, 1.165) is 29.7 Å². The van der Waals surface area contributed by atoms with Gasteiger partial charge in [-0.1, -0.05) is 38.5 Å². The Labute approximate surface area is 176 Å². The van der Waals surface area contributed by atoms with E-state index in [0.29, 0.717) is 22.9 Å². The van der Waals surface area contributed by atoms with Crippen molar-refractivity contribution < 1.29 is 17.7 Å². The van der Waals surface area contributed by atoms with Crippen LogP contribution in [0.3, 0.4) is 0 Å². The Hall–Kier alpha value is -2.90. The van der Waals surface area contributed by atoms with E-state index in [4.69, 9.17) is 4.74 Å². The minimum atomic E-state index is -4.59. The third kappa shape index (κ3) is 3.66. The van der Waals surface area contributed by atoms with Crippen molar-refractivity contribution in [3.8, 4) is 22.8 Å². The highest BCUT2D eigenvalue weighted by Crippen LogP contribution is 2.49. The van der Waals surface area contributed by atoms with Gasteiger partial charge >= 0.3 is 0 Å². The number of para-hydroxylation sites is 2. The van der Waals surface area contributed by atoms with E-state index in [1.165, 1.54) is 0 Å². The summed E-state index contributed by atoms with van der Waals surface area (Å²) in [5, 5.41) is -1.24. The highest BCUT2D eigenvalue weighted by atomic mass is 32.2. The Bertz CT molecular complexity index is 1180. The van der Waals surface area contributed by atoms with E-state index < -0.39 is 15.5 Å². The first-order chi connectivity index (χ1) is 14.4. The number of ether oxygens (including phenoxy) is 1. The number of benzene rings is 2. The molecular formula is C23H23N2O4S-. The molecule has 156 valence electrons.